The molecule has 0 atom stereocenters. The number of amides is 1. The number of carbonyl (C=O) groups excluding carboxylic acids is 1. The van der Waals surface area contributed by atoms with Gasteiger partial charge >= 0.3 is 0 Å². The van der Waals surface area contributed by atoms with Crippen LogP contribution in [0.3, 0.4) is 0 Å². The monoisotopic (exact) mass is 462 g/mol. The fourth-order valence-corrected chi connectivity index (χ4v) is 4.07. The number of hydrogen-bond donors (Lipinski definition) is 0. The highest BCUT2D eigenvalue weighted by Gasteiger charge is 2.22. The van der Waals surface area contributed by atoms with Crippen LogP contribution in [0.25, 0.3) is 11.8 Å². The first-order valence-corrected chi connectivity index (χ1v) is 11.2. The smallest absolute Gasteiger partial charge is 0.246 e. The Morgan fingerprint density at radius 3 is 2.35 bits per heavy atom. The molecule has 0 aliphatic carbocycles. The zero-order valence-electron chi connectivity index (χ0n) is 19.8. The van der Waals surface area contributed by atoms with E-state index in [0.29, 0.717) is 36.9 Å². The van der Waals surface area contributed by atoms with Crippen LogP contribution >= 0.6 is 0 Å². The Balaban J connectivity index is 1.33. The van der Waals surface area contributed by atoms with Gasteiger partial charge in [-0.3, -0.25) is 9.69 Å². The Morgan fingerprint density at radius 2 is 1.68 bits per heavy atom. The molecular formula is C26H30N4O4. The quantitative estimate of drug-likeness (QED) is 0.479. The second kappa shape index (κ2) is 10.9. The molecule has 178 valence electrons. The third-order valence-corrected chi connectivity index (χ3v) is 5.91. The second-order valence-electron chi connectivity index (χ2n) is 7.98. The van der Waals surface area contributed by atoms with Crippen LogP contribution in [0.15, 0.2) is 60.9 Å². The van der Waals surface area contributed by atoms with Crippen molar-refractivity contribution >= 4 is 12.0 Å². The summed E-state index contributed by atoms with van der Waals surface area (Å²) in [6, 6.07) is 13.8. The normalized spacial score (nSPS) is 14.4. The average molecular weight is 463 g/mol. The number of para-hydroxylation sites is 1. The molecule has 8 heteroatoms. The summed E-state index contributed by atoms with van der Waals surface area (Å²) >= 11 is 0. The summed E-state index contributed by atoms with van der Waals surface area (Å²) < 4.78 is 18.3. The van der Waals surface area contributed by atoms with Crippen molar-refractivity contribution < 1.29 is 19.0 Å². The summed E-state index contributed by atoms with van der Waals surface area (Å²) in [4.78, 5) is 16.9. The van der Waals surface area contributed by atoms with E-state index in [4.69, 9.17) is 14.2 Å². The summed E-state index contributed by atoms with van der Waals surface area (Å²) in [6.07, 6.45) is 7.10. The molecule has 2 aromatic carbocycles. The number of ether oxygens (including phenoxy) is 3. The number of carbonyl (C=O) groups is 1. The van der Waals surface area contributed by atoms with Crippen LogP contribution in [-0.2, 0) is 11.3 Å². The molecule has 0 N–H and O–H groups in total. The molecule has 1 amide bonds. The lowest BCUT2D eigenvalue weighted by Gasteiger charge is -2.34. The second-order valence-corrected chi connectivity index (χ2v) is 7.98. The van der Waals surface area contributed by atoms with Crippen molar-refractivity contribution in [2.45, 2.75) is 6.54 Å². The van der Waals surface area contributed by atoms with Gasteiger partial charge in [0.2, 0.25) is 11.7 Å². The maximum absolute atomic E-state index is 12.7. The predicted molar refractivity (Wildman–Crippen MR) is 131 cm³/mol. The molecule has 0 unspecified atom stereocenters. The molecule has 0 spiro atoms. The fraction of sp³-hybridized carbons (Fsp3) is 0.308. The third kappa shape index (κ3) is 5.23. The number of hydrogen-bond acceptors (Lipinski definition) is 6. The van der Waals surface area contributed by atoms with Crippen molar-refractivity contribution in [3.8, 4) is 22.9 Å². The van der Waals surface area contributed by atoms with E-state index >= 15 is 0 Å². The Bertz CT molecular complexity index is 1130. The molecular weight excluding hydrogens is 432 g/mol. The fourth-order valence-electron chi connectivity index (χ4n) is 4.07. The third-order valence-electron chi connectivity index (χ3n) is 5.91. The minimum atomic E-state index is 0.0100. The maximum atomic E-state index is 12.7. The van der Waals surface area contributed by atoms with Crippen LogP contribution in [0.5, 0.6) is 17.2 Å². The van der Waals surface area contributed by atoms with Gasteiger partial charge in [-0.15, -0.1) is 0 Å². The highest BCUT2D eigenvalue weighted by Crippen LogP contribution is 2.40. The van der Waals surface area contributed by atoms with Gasteiger partial charge in [0.05, 0.1) is 33.2 Å². The molecule has 8 nitrogen and oxygen atoms in total. The summed E-state index contributed by atoms with van der Waals surface area (Å²) in [7, 11) is 4.85. The van der Waals surface area contributed by atoms with Crippen LogP contribution in [0, 0.1) is 0 Å². The highest BCUT2D eigenvalue weighted by molar-refractivity contribution is 5.91. The zero-order valence-corrected chi connectivity index (χ0v) is 19.8. The molecule has 1 fully saturated rings. The first kappa shape index (κ1) is 23.4. The molecule has 1 aliphatic heterocycles. The first-order valence-electron chi connectivity index (χ1n) is 11.2. The maximum Gasteiger partial charge on any atom is 0.246 e. The lowest BCUT2D eigenvalue weighted by atomic mass is 10.1. The Labute approximate surface area is 199 Å². The first-order chi connectivity index (χ1) is 16.6. The molecule has 0 radical (unpaired) electrons. The Hall–Kier alpha value is -3.78. The summed E-state index contributed by atoms with van der Waals surface area (Å²) in [5, 5.41) is 4.37. The summed E-state index contributed by atoms with van der Waals surface area (Å²) in [5.41, 5.74) is 2.89. The topological polar surface area (TPSA) is 69.1 Å². The van der Waals surface area contributed by atoms with E-state index in [1.807, 2.05) is 59.6 Å². The number of piperazine rings is 1. The Kier molecular flexibility index (Phi) is 7.49. The van der Waals surface area contributed by atoms with Crippen molar-refractivity contribution in [2.24, 2.45) is 0 Å². The molecule has 34 heavy (non-hydrogen) atoms. The van der Waals surface area contributed by atoms with Gasteiger partial charge in [0.15, 0.2) is 11.5 Å². The molecule has 1 saturated heterocycles. The molecule has 2 heterocycles. The lowest BCUT2D eigenvalue weighted by molar-refractivity contribution is -0.127. The van der Waals surface area contributed by atoms with E-state index in [1.54, 1.807) is 38.3 Å². The van der Waals surface area contributed by atoms with Crippen molar-refractivity contribution in [3.63, 3.8) is 0 Å². The van der Waals surface area contributed by atoms with Gasteiger partial charge in [0.1, 0.15) is 0 Å². The highest BCUT2D eigenvalue weighted by atomic mass is 16.5. The Morgan fingerprint density at radius 1 is 0.941 bits per heavy atom. The minimum Gasteiger partial charge on any atom is -0.493 e. The number of rotatable bonds is 8. The van der Waals surface area contributed by atoms with Gasteiger partial charge in [0, 0.05) is 56.1 Å². The average Bonchev–Trinajstić information content (AvgIpc) is 3.37. The van der Waals surface area contributed by atoms with Crippen LogP contribution in [-0.4, -0.2) is 73.0 Å². The van der Waals surface area contributed by atoms with Gasteiger partial charge < -0.3 is 19.1 Å². The van der Waals surface area contributed by atoms with E-state index < -0.39 is 0 Å². The van der Waals surface area contributed by atoms with Crippen molar-refractivity contribution in [1.82, 2.24) is 19.6 Å². The van der Waals surface area contributed by atoms with Crippen LogP contribution in [0.2, 0.25) is 0 Å². The number of methoxy groups -OCH3 is 3. The van der Waals surface area contributed by atoms with Crippen molar-refractivity contribution in [3.05, 3.63) is 72.1 Å². The number of benzene rings is 2. The minimum absolute atomic E-state index is 0.0100. The summed E-state index contributed by atoms with van der Waals surface area (Å²) in [6.45, 7) is 3.61. The lowest BCUT2D eigenvalue weighted by Crippen LogP contribution is -2.47. The van der Waals surface area contributed by atoms with Crippen LogP contribution in [0.1, 0.15) is 11.1 Å². The largest absolute Gasteiger partial charge is 0.493 e. The summed E-state index contributed by atoms with van der Waals surface area (Å²) in [5.74, 6) is 1.92. The van der Waals surface area contributed by atoms with E-state index in [1.165, 1.54) is 0 Å². The standard InChI is InChI=1S/C26H30N4O4/c1-32-23-11-10-21(25(33-2)26(23)34-3)19-28-13-15-29(16-14-28)24(31)12-9-20-17-27-30(18-20)22-7-5-4-6-8-22/h4-12,17-18H,13-16,19H2,1-3H3. The molecule has 3 aromatic rings. The molecule has 1 aromatic heterocycles. The van der Waals surface area contributed by atoms with E-state index in [0.717, 1.165) is 29.9 Å². The molecule has 1 aliphatic rings. The van der Waals surface area contributed by atoms with Crippen molar-refractivity contribution in [1.29, 1.82) is 0 Å². The van der Waals surface area contributed by atoms with Gasteiger partial charge in [-0.2, -0.15) is 5.10 Å². The number of aromatic nitrogens is 2. The van der Waals surface area contributed by atoms with Crippen LogP contribution in [0.4, 0.5) is 0 Å². The predicted octanol–water partition coefficient (Wildman–Crippen LogP) is 3.26. The zero-order chi connectivity index (χ0) is 23.9. The van der Waals surface area contributed by atoms with E-state index in [9.17, 15) is 4.79 Å². The van der Waals surface area contributed by atoms with Gasteiger partial charge in [-0.1, -0.05) is 24.3 Å². The van der Waals surface area contributed by atoms with Gasteiger partial charge in [-0.25, -0.2) is 4.68 Å². The molecule has 0 saturated carbocycles. The van der Waals surface area contributed by atoms with Gasteiger partial charge in [-0.05, 0) is 24.3 Å². The van der Waals surface area contributed by atoms with Crippen molar-refractivity contribution in [2.75, 3.05) is 47.5 Å². The molecule has 4 rings (SSSR count). The molecule has 0 bridgehead atoms. The van der Waals surface area contributed by atoms with E-state index in [-0.39, 0.29) is 5.91 Å². The van der Waals surface area contributed by atoms with E-state index in [2.05, 4.69) is 10.00 Å². The SMILES string of the molecule is COc1ccc(CN2CCN(C(=O)C=Cc3cnn(-c4ccccc4)c3)CC2)c(OC)c1OC. The number of nitrogens with zero attached hydrogens (tertiary/aromatic N) is 4. The van der Waals surface area contributed by atoms with Gasteiger partial charge in [0.25, 0.3) is 0 Å². The van der Waals surface area contributed by atoms with Crippen LogP contribution < -0.4 is 14.2 Å².